The van der Waals surface area contributed by atoms with Crippen molar-refractivity contribution in [3.63, 3.8) is 0 Å². The molecule has 0 bridgehead atoms. The van der Waals surface area contributed by atoms with Gasteiger partial charge in [-0.15, -0.1) is 0 Å². The second kappa shape index (κ2) is 7.24. The van der Waals surface area contributed by atoms with Gasteiger partial charge in [-0.25, -0.2) is 4.79 Å². The van der Waals surface area contributed by atoms with Gasteiger partial charge in [-0.2, -0.15) is 0 Å². The van der Waals surface area contributed by atoms with Gasteiger partial charge in [0.25, 0.3) is 0 Å². The molecule has 2 unspecified atom stereocenters. The number of rotatable bonds is 7. The number of aliphatic carboxylic acids is 1. The second-order valence-corrected chi connectivity index (χ2v) is 4.22. The molecule has 0 aromatic rings. The summed E-state index contributed by atoms with van der Waals surface area (Å²) in [4.78, 5) is 21.6. The minimum Gasteiger partial charge on any atom is -0.480 e. The Kier molecular flexibility index (Phi) is 5.93. The van der Waals surface area contributed by atoms with Crippen LogP contribution in [-0.2, 0) is 14.3 Å². The zero-order chi connectivity index (χ0) is 12.7. The van der Waals surface area contributed by atoms with Crippen molar-refractivity contribution in [1.29, 1.82) is 0 Å². The van der Waals surface area contributed by atoms with E-state index in [-0.39, 0.29) is 12.5 Å². The largest absolute Gasteiger partial charge is 0.480 e. The topological polar surface area (TPSA) is 87.7 Å². The zero-order valence-corrected chi connectivity index (χ0v) is 10.1. The molecule has 17 heavy (non-hydrogen) atoms. The highest BCUT2D eigenvalue weighted by Gasteiger charge is 2.18. The van der Waals surface area contributed by atoms with E-state index in [0.29, 0.717) is 12.6 Å². The van der Waals surface area contributed by atoms with Crippen molar-refractivity contribution in [3.8, 4) is 0 Å². The molecule has 0 aromatic heterocycles. The highest BCUT2D eigenvalue weighted by molar-refractivity contribution is 5.82. The number of carbonyl (C=O) groups excluding carboxylic acids is 1. The Morgan fingerprint density at radius 2 is 2.29 bits per heavy atom. The van der Waals surface area contributed by atoms with Crippen LogP contribution in [0.5, 0.6) is 0 Å². The highest BCUT2D eigenvalue weighted by atomic mass is 16.5. The van der Waals surface area contributed by atoms with E-state index in [9.17, 15) is 9.59 Å². The molecule has 1 heterocycles. The third-order valence-electron chi connectivity index (χ3n) is 2.69. The Labute approximate surface area is 101 Å². The monoisotopic (exact) mass is 244 g/mol. The number of ether oxygens (including phenoxy) is 1. The van der Waals surface area contributed by atoms with Crippen molar-refractivity contribution >= 4 is 11.9 Å². The maximum Gasteiger partial charge on any atom is 0.327 e. The predicted octanol–water partition coefficient (Wildman–Crippen LogP) is -0.266. The summed E-state index contributed by atoms with van der Waals surface area (Å²) in [6, 6.07) is -0.864. The first-order chi connectivity index (χ1) is 8.09. The van der Waals surface area contributed by atoms with Gasteiger partial charge in [-0.1, -0.05) is 0 Å². The predicted molar refractivity (Wildman–Crippen MR) is 61.7 cm³/mol. The van der Waals surface area contributed by atoms with E-state index in [1.807, 2.05) is 0 Å². The Balaban J connectivity index is 2.13. The molecule has 0 spiro atoms. The van der Waals surface area contributed by atoms with Gasteiger partial charge in [0.2, 0.25) is 5.91 Å². The first kappa shape index (κ1) is 13.9. The minimum absolute atomic E-state index is 0.238. The molecule has 0 aromatic carbocycles. The summed E-state index contributed by atoms with van der Waals surface area (Å²) >= 11 is 0. The zero-order valence-electron chi connectivity index (χ0n) is 10.1. The lowest BCUT2D eigenvalue weighted by Crippen LogP contribution is -2.46. The van der Waals surface area contributed by atoms with E-state index in [0.717, 1.165) is 25.9 Å². The van der Waals surface area contributed by atoms with Crippen molar-refractivity contribution in [3.05, 3.63) is 0 Å². The van der Waals surface area contributed by atoms with Crippen LogP contribution in [0, 0.1) is 0 Å². The average Bonchev–Trinajstić information content (AvgIpc) is 2.74. The van der Waals surface area contributed by atoms with Crippen molar-refractivity contribution in [2.45, 2.75) is 38.3 Å². The van der Waals surface area contributed by atoms with Crippen LogP contribution >= 0.6 is 0 Å². The fourth-order valence-corrected chi connectivity index (χ4v) is 1.83. The molecule has 6 heteroatoms. The lowest BCUT2D eigenvalue weighted by atomic mass is 10.2. The van der Waals surface area contributed by atoms with Crippen LogP contribution in [0.25, 0.3) is 0 Å². The molecule has 1 saturated heterocycles. The second-order valence-electron chi connectivity index (χ2n) is 4.22. The SMILES string of the molecule is CC(=O)NC(CNCCC1CCCO1)C(=O)O. The molecule has 1 amide bonds. The van der Waals surface area contributed by atoms with E-state index >= 15 is 0 Å². The maximum absolute atomic E-state index is 10.8. The number of carboxylic acid groups (broad SMARTS) is 1. The van der Waals surface area contributed by atoms with Crippen molar-refractivity contribution < 1.29 is 19.4 Å². The third-order valence-corrected chi connectivity index (χ3v) is 2.69. The van der Waals surface area contributed by atoms with E-state index in [1.54, 1.807) is 0 Å². The lowest BCUT2D eigenvalue weighted by molar-refractivity contribution is -0.141. The number of nitrogens with one attached hydrogen (secondary N) is 2. The molecule has 1 aliphatic rings. The van der Waals surface area contributed by atoms with Gasteiger partial charge in [0, 0.05) is 20.1 Å². The molecule has 0 saturated carbocycles. The van der Waals surface area contributed by atoms with Crippen molar-refractivity contribution in [2.24, 2.45) is 0 Å². The van der Waals surface area contributed by atoms with Gasteiger partial charge in [-0.05, 0) is 25.8 Å². The highest BCUT2D eigenvalue weighted by Crippen LogP contribution is 2.14. The van der Waals surface area contributed by atoms with Crippen LogP contribution < -0.4 is 10.6 Å². The molecule has 0 radical (unpaired) electrons. The van der Waals surface area contributed by atoms with Gasteiger partial charge < -0.3 is 20.5 Å². The van der Waals surface area contributed by atoms with Crippen LogP contribution in [0.15, 0.2) is 0 Å². The molecule has 1 rings (SSSR count). The summed E-state index contributed by atoms with van der Waals surface area (Å²) < 4.78 is 5.45. The van der Waals surface area contributed by atoms with Gasteiger partial charge in [0.05, 0.1) is 6.10 Å². The maximum atomic E-state index is 10.8. The normalized spacial score (nSPS) is 21.1. The number of carbonyl (C=O) groups is 2. The van der Waals surface area contributed by atoms with Crippen LogP contribution in [-0.4, -0.2) is 48.8 Å². The summed E-state index contributed by atoms with van der Waals surface area (Å²) in [5.41, 5.74) is 0. The number of carboxylic acids is 1. The van der Waals surface area contributed by atoms with Crippen molar-refractivity contribution in [1.82, 2.24) is 10.6 Å². The molecule has 98 valence electrons. The summed E-state index contributed by atoms with van der Waals surface area (Å²) in [6.07, 6.45) is 3.36. The van der Waals surface area contributed by atoms with E-state index < -0.39 is 12.0 Å². The van der Waals surface area contributed by atoms with Gasteiger partial charge in [-0.3, -0.25) is 4.79 Å². The standard InChI is InChI=1S/C11H20N2O4/c1-8(14)13-10(11(15)16)7-12-5-4-9-3-2-6-17-9/h9-10,12H,2-7H2,1H3,(H,13,14)(H,15,16). The first-order valence-corrected chi connectivity index (χ1v) is 5.92. The Bertz CT molecular complexity index is 264. The molecule has 1 fully saturated rings. The molecule has 6 nitrogen and oxygen atoms in total. The van der Waals surface area contributed by atoms with Crippen LogP contribution in [0.2, 0.25) is 0 Å². The molecule has 3 N–H and O–H groups in total. The van der Waals surface area contributed by atoms with E-state index in [1.165, 1.54) is 6.92 Å². The van der Waals surface area contributed by atoms with Gasteiger partial charge in [0.1, 0.15) is 6.04 Å². The van der Waals surface area contributed by atoms with Crippen molar-refractivity contribution in [2.75, 3.05) is 19.7 Å². The molecule has 1 aliphatic heterocycles. The summed E-state index contributed by atoms with van der Waals surface area (Å²) in [6.45, 7) is 3.08. The summed E-state index contributed by atoms with van der Waals surface area (Å²) in [5.74, 6) is -1.36. The van der Waals surface area contributed by atoms with E-state index in [4.69, 9.17) is 9.84 Å². The minimum atomic E-state index is -1.02. The van der Waals surface area contributed by atoms with Crippen LogP contribution in [0.1, 0.15) is 26.2 Å². The fourth-order valence-electron chi connectivity index (χ4n) is 1.83. The number of hydrogen-bond acceptors (Lipinski definition) is 4. The van der Waals surface area contributed by atoms with Gasteiger partial charge >= 0.3 is 5.97 Å². The smallest absolute Gasteiger partial charge is 0.327 e. The Morgan fingerprint density at radius 1 is 1.53 bits per heavy atom. The number of hydrogen-bond donors (Lipinski definition) is 3. The molecular weight excluding hydrogens is 224 g/mol. The average molecular weight is 244 g/mol. The van der Waals surface area contributed by atoms with Gasteiger partial charge in [0.15, 0.2) is 0 Å². The van der Waals surface area contributed by atoms with E-state index in [2.05, 4.69) is 10.6 Å². The quantitative estimate of drug-likeness (QED) is 0.537. The Hall–Kier alpha value is -1.14. The van der Waals surface area contributed by atoms with Crippen LogP contribution in [0.4, 0.5) is 0 Å². The summed E-state index contributed by atoms with van der Waals surface area (Å²) in [5, 5.41) is 14.3. The number of amides is 1. The third kappa shape index (κ3) is 5.65. The Morgan fingerprint density at radius 3 is 2.82 bits per heavy atom. The first-order valence-electron chi connectivity index (χ1n) is 5.92. The summed E-state index contributed by atoms with van der Waals surface area (Å²) in [7, 11) is 0. The van der Waals surface area contributed by atoms with Crippen LogP contribution in [0.3, 0.4) is 0 Å². The molecule has 0 aliphatic carbocycles. The lowest BCUT2D eigenvalue weighted by Gasteiger charge is -2.15. The fraction of sp³-hybridized carbons (Fsp3) is 0.818. The molecular formula is C11H20N2O4. The molecule has 2 atom stereocenters.